The highest BCUT2D eigenvalue weighted by Gasteiger charge is 2.29. The molecular weight excluding hydrogens is 258 g/mol. The van der Waals surface area contributed by atoms with E-state index in [0.29, 0.717) is 0 Å². The molecule has 5 heteroatoms. The lowest BCUT2D eigenvalue weighted by Gasteiger charge is -2.26. The molecule has 1 saturated carbocycles. The molecule has 1 aliphatic carbocycles. The molecule has 0 aromatic rings. The normalized spacial score (nSPS) is 24.2. The van der Waals surface area contributed by atoms with Crippen molar-refractivity contribution in [2.24, 2.45) is 23.5 Å². The minimum Gasteiger partial charge on any atom is -0.462 e. The third kappa shape index (κ3) is 5.12. The molecule has 1 rings (SSSR count). The monoisotopic (exact) mass is 285 g/mol. The van der Waals surface area contributed by atoms with E-state index >= 15 is 0 Å². The lowest BCUT2D eigenvalue weighted by atomic mass is 9.85. The summed E-state index contributed by atoms with van der Waals surface area (Å²) in [5, 5.41) is 0. The van der Waals surface area contributed by atoms with Crippen molar-refractivity contribution in [2.75, 3.05) is 13.2 Å². The summed E-state index contributed by atoms with van der Waals surface area (Å²) < 4.78 is 10.2. The van der Waals surface area contributed by atoms with Gasteiger partial charge in [-0.05, 0) is 18.8 Å². The van der Waals surface area contributed by atoms with E-state index < -0.39 is 0 Å². The zero-order valence-corrected chi connectivity index (χ0v) is 12.8. The van der Waals surface area contributed by atoms with Gasteiger partial charge in [0.15, 0.2) is 0 Å². The fourth-order valence-corrected chi connectivity index (χ4v) is 2.25. The first-order valence-electron chi connectivity index (χ1n) is 7.52. The van der Waals surface area contributed by atoms with Crippen molar-refractivity contribution in [2.45, 2.75) is 52.5 Å². The molecular formula is C15H27NO4. The van der Waals surface area contributed by atoms with Crippen molar-refractivity contribution in [3.8, 4) is 0 Å². The molecule has 0 amide bonds. The molecule has 0 heterocycles. The summed E-state index contributed by atoms with van der Waals surface area (Å²) in [5.74, 6) is -0.604. The highest BCUT2D eigenvalue weighted by Crippen LogP contribution is 2.23. The molecule has 5 nitrogen and oxygen atoms in total. The standard InChI is InChI=1S/C15H27NO4/c1-10(2)11(3)14(17)19-8-9-20-15(18)12-6-4-5-7-13(12)16/h10-13H,4-9,16H2,1-3H3. The maximum atomic E-state index is 11.9. The Balaban J connectivity index is 2.20. The summed E-state index contributed by atoms with van der Waals surface area (Å²) in [4.78, 5) is 23.5. The smallest absolute Gasteiger partial charge is 0.310 e. The van der Waals surface area contributed by atoms with Gasteiger partial charge >= 0.3 is 11.9 Å². The van der Waals surface area contributed by atoms with Gasteiger partial charge in [0.1, 0.15) is 13.2 Å². The second kappa shape index (κ2) is 8.25. The van der Waals surface area contributed by atoms with E-state index in [-0.39, 0.29) is 48.9 Å². The van der Waals surface area contributed by atoms with Gasteiger partial charge < -0.3 is 15.2 Å². The van der Waals surface area contributed by atoms with Gasteiger partial charge in [0.05, 0.1) is 11.8 Å². The quantitative estimate of drug-likeness (QED) is 0.595. The Morgan fingerprint density at radius 2 is 1.70 bits per heavy atom. The van der Waals surface area contributed by atoms with Crippen LogP contribution in [0.25, 0.3) is 0 Å². The second-order valence-corrected chi connectivity index (χ2v) is 5.92. The number of carbonyl (C=O) groups excluding carboxylic acids is 2. The summed E-state index contributed by atoms with van der Waals surface area (Å²) in [6.07, 6.45) is 3.77. The zero-order valence-electron chi connectivity index (χ0n) is 12.8. The number of nitrogens with two attached hydrogens (primary N) is 1. The van der Waals surface area contributed by atoms with Crippen molar-refractivity contribution < 1.29 is 19.1 Å². The van der Waals surface area contributed by atoms with Crippen LogP contribution in [0.4, 0.5) is 0 Å². The van der Waals surface area contributed by atoms with Gasteiger partial charge in [-0.2, -0.15) is 0 Å². The summed E-state index contributed by atoms with van der Waals surface area (Å²) in [6.45, 7) is 6.00. The second-order valence-electron chi connectivity index (χ2n) is 5.92. The van der Waals surface area contributed by atoms with Crippen LogP contribution in [-0.4, -0.2) is 31.2 Å². The average Bonchev–Trinajstić information content (AvgIpc) is 2.42. The number of hydrogen-bond donors (Lipinski definition) is 1. The minimum absolute atomic E-state index is 0.0974. The molecule has 0 aromatic heterocycles. The van der Waals surface area contributed by atoms with E-state index in [9.17, 15) is 9.59 Å². The van der Waals surface area contributed by atoms with Crippen LogP contribution in [0.2, 0.25) is 0 Å². The first-order chi connectivity index (χ1) is 9.43. The molecule has 0 spiro atoms. The molecule has 1 aliphatic rings. The maximum absolute atomic E-state index is 11.9. The Kier molecular flexibility index (Phi) is 6.99. The predicted molar refractivity (Wildman–Crippen MR) is 75.9 cm³/mol. The van der Waals surface area contributed by atoms with Crippen LogP contribution >= 0.6 is 0 Å². The summed E-state index contributed by atoms with van der Waals surface area (Å²) in [6, 6.07) is -0.0974. The molecule has 0 bridgehead atoms. The molecule has 2 N–H and O–H groups in total. The predicted octanol–water partition coefficient (Wildman–Crippen LogP) is 1.88. The first kappa shape index (κ1) is 17.0. The van der Waals surface area contributed by atoms with Crippen molar-refractivity contribution in [3.05, 3.63) is 0 Å². The highest BCUT2D eigenvalue weighted by atomic mass is 16.6. The first-order valence-corrected chi connectivity index (χ1v) is 7.52. The number of ether oxygens (including phenoxy) is 2. The van der Waals surface area contributed by atoms with Crippen LogP contribution in [0.3, 0.4) is 0 Å². The molecule has 0 aromatic carbocycles. The Labute approximate surface area is 121 Å². The van der Waals surface area contributed by atoms with Crippen LogP contribution in [0, 0.1) is 17.8 Å². The number of rotatable bonds is 6. The van der Waals surface area contributed by atoms with Gasteiger partial charge in [-0.25, -0.2) is 0 Å². The molecule has 1 fully saturated rings. The summed E-state index contributed by atoms with van der Waals surface area (Å²) in [7, 11) is 0. The lowest BCUT2D eigenvalue weighted by molar-refractivity contribution is -0.158. The fraction of sp³-hybridized carbons (Fsp3) is 0.867. The lowest BCUT2D eigenvalue weighted by Crippen LogP contribution is -2.39. The summed E-state index contributed by atoms with van der Waals surface area (Å²) >= 11 is 0. The van der Waals surface area contributed by atoms with E-state index in [1.54, 1.807) is 0 Å². The van der Waals surface area contributed by atoms with E-state index in [1.807, 2.05) is 20.8 Å². The Bertz CT molecular complexity index is 330. The number of carbonyl (C=O) groups is 2. The van der Waals surface area contributed by atoms with Crippen LogP contribution in [-0.2, 0) is 19.1 Å². The summed E-state index contributed by atoms with van der Waals surface area (Å²) in [5.41, 5.74) is 5.92. The van der Waals surface area contributed by atoms with Crippen molar-refractivity contribution >= 4 is 11.9 Å². The number of esters is 2. The van der Waals surface area contributed by atoms with Gasteiger partial charge in [0, 0.05) is 6.04 Å². The fourth-order valence-electron chi connectivity index (χ4n) is 2.25. The Morgan fingerprint density at radius 1 is 1.10 bits per heavy atom. The third-order valence-corrected chi connectivity index (χ3v) is 4.07. The van der Waals surface area contributed by atoms with Crippen molar-refractivity contribution in [1.82, 2.24) is 0 Å². The van der Waals surface area contributed by atoms with E-state index in [1.165, 1.54) is 0 Å². The topological polar surface area (TPSA) is 78.6 Å². The van der Waals surface area contributed by atoms with Crippen molar-refractivity contribution in [1.29, 1.82) is 0 Å². The molecule has 3 unspecified atom stereocenters. The minimum atomic E-state index is -0.259. The zero-order chi connectivity index (χ0) is 15.1. The van der Waals surface area contributed by atoms with E-state index in [4.69, 9.17) is 15.2 Å². The molecule has 116 valence electrons. The van der Waals surface area contributed by atoms with Crippen LogP contribution in [0.5, 0.6) is 0 Å². The molecule has 0 radical (unpaired) electrons. The Hall–Kier alpha value is -1.10. The maximum Gasteiger partial charge on any atom is 0.310 e. The van der Waals surface area contributed by atoms with Crippen LogP contribution < -0.4 is 5.73 Å². The van der Waals surface area contributed by atoms with Gasteiger partial charge in [0.2, 0.25) is 0 Å². The van der Waals surface area contributed by atoms with E-state index in [2.05, 4.69) is 0 Å². The SMILES string of the molecule is CC(C)C(C)C(=O)OCCOC(=O)C1CCCCC1N. The molecule has 0 saturated heterocycles. The molecule has 0 aliphatic heterocycles. The van der Waals surface area contributed by atoms with Gasteiger partial charge in [-0.3, -0.25) is 9.59 Å². The highest BCUT2D eigenvalue weighted by molar-refractivity contribution is 5.73. The van der Waals surface area contributed by atoms with Gasteiger partial charge in [0.25, 0.3) is 0 Å². The van der Waals surface area contributed by atoms with Crippen LogP contribution in [0.1, 0.15) is 46.5 Å². The average molecular weight is 285 g/mol. The third-order valence-electron chi connectivity index (χ3n) is 4.07. The molecule has 3 atom stereocenters. The van der Waals surface area contributed by atoms with Crippen molar-refractivity contribution in [3.63, 3.8) is 0 Å². The van der Waals surface area contributed by atoms with Gasteiger partial charge in [-0.15, -0.1) is 0 Å². The Morgan fingerprint density at radius 3 is 2.30 bits per heavy atom. The molecule has 20 heavy (non-hydrogen) atoms. The van der Waals surface area contributed by atoms with Gasteiger partial charge in [-0.1, -0.05) is 33.6 Å². The number of hydrogen-bond acceptors (Lipinski definition) is 5. The van der Waals surface area contributed by atoms with Crippen LogP contribution in [0.15, 0.2) is 0 Å². The largest absolute Gasteiger partial charge is 0.462 e. The van der Waals surface area contributed by atoms with E-state index in [0.717, 1.165) is 25.7 Å².